The second kappa shape index (κ2) is 11.0. The fourth-order valence-electron chi connectivity index (χ4n) is 7.98. The Labute approximate surface area is 253 Å². The van der Waals surface area contributed by atoms with Crippen LogP contribution in [0.3, 0.4) is 0 Å². The minimum atomic E-state index is -0.416. The second-order valence-corrected chi connectivity index (χ2v) is 14.1. The van der Waals surface area contributed by atoms with Crippen molar-refractivity contribution in [1.82, 2.24) is 0 Å². The average Bonchev–Trinajstić information content (AvgIpc) is 3.77. The number of hydrogen-bond donors (Lipinski definition) is 0. The highest BCUT2D eigenvalue weighted by Crippen LogP contribution is 2.50. The molecule has 1 aliphatic rings. The minimum Gasteiger partial charge on any atom is -0.464 e. The van der Waals surface area contributed by atoms with Gasteiger partial charge in [-0.15, -0.1) is 0 Å². The first-order valence-corrected chi connectivity index (χ1v) is 16.4. The monoisotopic (exact) mass is 572 g/mol. The van der Waals surface area contributed by atoms with Gasteiger partial charge in [0.25, 0.3) is 0 Å². The summed E-state index contributed by atoms with van der Waals surface area (Å²) in [5, 5.41) is 0. The molecule has 8 bridgehead atoms. The van der Waals surface area contributed by atoms with Crippen LogP contribution in [0.25, 0.3) is 0 Å². The van der Waals surface area contributed by atoms with Crippen LogP contribution in [0.1, 0.15) is 154 Å². The minimum absolute atomic E-state index is 0.368. The first kappa shape index (κ1) is 30.6. The van der Waals surface area contributed by atoms with E-state index in [4.69, 9.17) is 17.7 Å². The van der Waals surface area contributed by atoms with E-state index in [2.05, 4.69) is 118 Å². The summed E-state index contributed by atoms with van der Waals surface area (Å²) in [5.41, 5.74) is -1.57. The summed E-state index contributed by atoms with van der Waals surface area (Å²) < 4.78 is 27.8. The smallest absolute Gasteiger partial charge is 0.117 e. The molecule has 4 nitrogen and oxygen atoms in total. The molecule has 4 aromatic heterocycles. The summed E-state index contributed by atoms with van der Waals surface area (Å²) in [6.45, 7) is 22.6. The summed E-state index contributed by atoms with van der Waals surface area (Å²) in [6.07, 6.45) is 5.31. The van der Waals surface area contributed by atoms with Gasteiger partial charge in [-0.25, -0.2) is 0 Å². The third kappa shape index (κ3) is 4.55. The highest BCUT2D eigenvalue weighted by molar-refractivity contribution is 5.40. The van der Waals surface area contributed by atoms with Crippen LogP contribution >= 0.6 is 0 Å². The van der Waals surface area contributed by atoms with Crippen LogP contribution in [0, 0.1) is 11.8 Å². The van der Waals surface area contributed by atoms with Gasteiger partial charge in [-0.1, -0.05) is 55.4 Å². The van der Waals surface area contributed by atoms with Gasteiger partial charge >= 0.3 is 0 Å². The van der Waals surface area contributed by atoms with Crippen LogP contribution in [0.15, 0.2) is 66.2 Å². The molecular formula is C38H52O4. The van der Waals surface area contributed by atoms with Crippen molar-refractivity contribution in [3.8, 4) is 0 Å². The number of hydrogen-bond acceptors (Lipinski definition) is 4. The summed E-state index contributed by atoms with van der Waals surface area (Å²) in [5.74, 6) is 8.51. The molecule has 5 rings (SSSR count). The second-order valence-electron chi connectivity index (χ2n) is 14.1. The molecule has 0 radical (unpaired) electrons. The Bertz CT molecular complexity index is 1280. The van der Waals surface area contributed by atoms with Crippen molar-refractivity contribution < 1.29 is 17.7 Å². The van der Waals surface area contributed by atoms with Crippen LogP contribution < -0.4 is 0 Å². The normalized spacial score (nSPS) is 23.1. The number of fused-ring (bicyclic) bond motifs is 8. The molecule has 0 saturated carbocycles. The van der Waals surface area contributed by atoms with E-state index in [-0.39, 0.29) is 10.8 Å². The summed E-state index contributed by atoms with van der Waals surface area (Å²) >= 11 is 0. The first-order chi connectivity index (χ1) is 19.9. The maximum Gasteiger partial charge on any atom is 0.117 e. The van der Waals surface area contributed by atoms with Crippen molar-refractivity contribution in [2.24, 2.45) is 11.8 Å². The lowest BCUT2D eigenvalue weighted by molar-refractivity contribution is 0.220. The van der Waals surface area contributed by atoms with Crippen LogP contribution in [-0.2, 0) is 21.7 Å². The molecule has 5 heterocycles. The van der Waals surface area contributed by atoms with Crippen molar-refractivity contribution >= 4 is 0 Å². The lowest BCUT2D eigenvalue weighted by Crippen LogP contribution is -2.28. The molecule has 0 aliphatic carbocycles. The van der Waals surface area contributed by atoms with Gasteiger partial charge in [-0.3, -0.25) is 0 Å². The highest BCUT2D eigenvalue weighted by Gasteiger charge is 2.46. The van der Waals surface area contributed by atoms with Gasteiger partial charge < -0.3 is 17.7 Å². The van der Waals surface area contributed by atoms with Gasteiger partial charge in [0.1, 0.15) is 46.1 Å². The van der Waals surface area contributed by atoms with Gasteiger partial charge in [-0.2, -0.15) is 0 Å². The maximum atomic E-state index is 6.94. The van der Waals surface area contributed by atoms with Crippen molar-refractivity contribution in [3.05, 3.63) is 94.6 Å². The molecule has 0 fully saturated rings. The van der Waals surface area contributed by atoms with Crippen molar-refractivity contribution in [1.29, 1.82) is 0 Å². The number of rotatable bonds is 8. The Hall–Kier alpha value is -2.88. The van der Waals surface area contributed by atoms with Crippen molar-refractivity contribution in [2.45, 2.75) is 129 Å². The van der Waals surface area contributed by atoms with Crippen LogP contribution in [0.2, 0.25) is 0 Å². The average molecular weight is 573 g/mol. The Balaban J connectivity index is 1.84. The van der Waals surface area contributed by atoms with Crippen molar-refractivity contribution in [3.63, 3.8) is 0 Å². The molecule has 0 saturated heterocycles. The molecule has 42 heavy (non-hydrogen) atoms. The van der Waals surface area contributed by atoms with Crippen LogP contribution in [-0.4, -0.2) is 0 Å². The molecule has 1 aliphatic heterocycles. The fourth-order valence-corrected chi connectivity index (χ4v) is 7.98. The molecule has 0 aromatic carbocycles. The van der Waals surface area contributed by atoms with Gasteiger partial charge in [0.05, 0.1) is 21.7 Å². The predicted octanol–water partition coefficient (Wildman–Crippen LogP) is 11.3. The molecule has 0 atom stereocenters. The zero-order valence-corrected chi connectivity index (χ0v) is 27.6. The van der Waals surface area contributed by atoms with Gasteiger partial charge in [0.15, 0.2) is 0 Å². The van der Waals surface area contributed by atoms with Gasteiger partial charge in [0.2, 0.25) is 0 Å². The largest absolute Gasteiger partial charge is 0.464 e. The van der Waals surface area contributed by atoms with Crippen LogP contribution in [0.4, 0.5) is 0 Å². The maximum absolute atomic E-state index is 6.94. The van der Waals surface area contributed by atoms with Crippen molar-refractivity contribution in [2.75, 3.05) is 0 Å². The molecule has 0 spiro atoms. The summed E-state index contributed by atoms with van der Waals surface area (Å²) in [6, 6.07) is 17.4. The third-order valence-corrected chi connectivity index (χ3v) is 10.5. The zero-order chi connectivity index (χ0) is 30.5. The topological polar surface area (TPSA) is 52.6 Å². The Morgan fingerprint density at radius 1 is 0.429 bits per heavy atom. The first-order valence-electron chi connectivity index (χ1n) is 16.4. The Morgan fingerprint density at radius 2 is 0.643 bits per heavy atom. The van der Waals surface area contributed by atoms with E-state index in [9.17, 15) is 0 Å². The van der Waals surface area contributed by atoms with E-state index >= 15 is 0 Å². The molecule has 0 amide bonds. The lowest BCUT2D eigenvalue weighted by Gasteiger charge is -2.32. The Morgan fingerprint density at radius 3 is 0.833 bits per heavy atom. The van der Waals surface area contributed by atoms with E-state index in [1.165, 1.54) is 0 Å². The number of furan rings is 4. The van der Waals surface area contributed by atoms with Gasteiger partial charge in [-0.05, 0) is 113 Å². The standard InChI is InChI=1S/C38H52O4/c1-11-37(12-2)31-19-15-27(39-31)35(9,23-25(5)6)29-17-21-33(41-29)38(13-3,14-4)34-22-18-30(42-34)36(10,24-26(7)8)28-16-20-32(37)40-28/h15-22,25-26H,11-14,23-24H2,1-10H3. The molecule has 0 N–H and O–H groups in total. The predicted molar refractivity (Wildman–Crippen MR) is 169 cm³/mol. The zero-order valence-electron chi connectivity index (χ0n) is 27.6. The highest BCUT2D eigenvalue weighted by atomic mass is 16.4. The van der Waals surface area contributed by atoms with E-state index in [0.717, 1.165) is 84.6 Å². The molecule has 0 unspecified atom stereocenters. The SMILES string of the molecule is CCC1(CC)c2ccc(o2)C(C)(CC(C)C)c2ccc(o2)C(CC)(CC)c2ccc(o2)C(C)(CC(C)C)c2ccc1o2. The molecule has 4 heteroatoms. The molecular weight excluding hydrogens is 520 g/mol. The quantitative estimate of drug-likeness (QED) is 0.211. The van der Waals surface area contributed by atoms with E-state index in [1.807, 2.05) is 0 Å². The Kier molecular flexibility index (Phi) is 8.00. The van der Waals surface area contributed by atoms with Crippen LogP contribution in [0.5, 0.6) is 0 Å². The van der Waals surface area contributed by atoms with E-state index in [1.54, 1.807) is 0 Å². The third-order valence-electron chi connectivity index (χ3n) is 10.5. The molecule has 4 aromatic rings. The van der Waals surface area contributed by atoms with E-state index in [0.29, 0.717) is 11.8 Å². The molecule has 228 valence electrons. The fraction of sp³-hybridized carbons (Fsp3) is 0.579. The van der Waals surface area contributed by atoms with Gasteiger partial charge in [0, 0.05) is 0 Å². The van der Waals surface area contributed by atoms with E-state index < -0.39 is 10.8 Å². The summed E-state index contributed by atoms with van der Waals surface area (Å²) in [7, 11) is 0. The lowest BCUT2D eigenvalue weighted by atomic mass is 9.77. The summed E-state index contributed by atoms with van der Waals surface area (Å²) in [4.78, 5) is 0.